The van der Waals surface area contributed by atoms with Crippen molar-refractivity contribution in [2.75, 3.05) is 4.90 Å². The third kappa shape index (κ3) is 3.41. The number of piperidine rings is 1. The van der Waals surface area contributed by atoms with Gasteiger partial charge in [0.1, 0.15) is 0 Å². The molecule has 0 aromatic heterocycles. The molecule has 3 rings (SSSR count). The molecule has 1 aliphatic rings. The van der Waals surface area contributed by atoms with Gasteiger partial charge in [0, 0.05) is 17.1 Å². The topological polar surface area (TPSA) is 20.3 Å². The fraction of sp³-hybridized carbons (Fsp3) is 0.278. The smallest absolute Gasteiger partial charge is 0.305 e. The van der Waals surface area contributed by atoms with Gasteiger partial charge in [0.2, 0.25) is 5.91 Å². The van der Waals surface area contributed by atoms with Gasteiger partial charge in [-0.15, -0.1) is 0 Å². The summed E-state index contributed by atoms with van der Waals surface area (Å²) in [4.78, 5) is 14.0. The van der Waals surface area contributed by atoms with E-state index in [9.17, 15) is 18.0 Å². The van der Waals surface area contributed by atoms with Gasteiger partial charge >= 0.3 is 6.18 Å². The maximum Gasteiger partial charge on any atom is 0.416 e. The summed E-state index contributed by atoms with van der Waals surface area (Å²) >= 11 is 5.91. The number of hydrogen-bond donors (Lipinski definition) is 0. The maximum absolute atomic E-state index is 12.7. The van der Waals surface area contributed by atoms with E-state index in [1.54, 1.807) is 17.0 Å². The second kappa shape index (κ2) is 6.48. The molecular formula is C18H15ClF3NO. The molecule has 24 heavy (non-hydrogen) atoms. The molecule has 1 unspecified atom stereocenters. The van der Waals surface area contributed by atoms with Crippen molar-refractivity contribution in [3.8, 4) is 0 Å². The van der Waals surface area contributed by atoms with Crippen molar-refractivity contribution in [3.63, 3.8) is 0 Å². The normalized spacial score (nSPS) is 18.8. The van der Waals surface area contributed by atoms with Gasteiger partial charge < -0.3 is 4.90 Å². The number of carbonyl (C=O) groups excluding carboxylic acids is 1. The van der Waals surface area contributed by atoms with Crippen LogP contribution in [0.2, 0.25) is 5.02 Å². The first-order valence-corrected chi connectivity index (χ1v) is 7.99. The molecule has 2 nitrogen and oxygen atoms in total. The molecule has 1 amide bonds. The van der Waals surface area contributed by atoms with E-state index in [0.717, 1.165) is 30.5 Å². The van der Waals surface area contributed by atoms with Crippen molar-refractivity contribution >= 4 is 23.2 Å². The van der Waals surface area contributed by atoms with Gasteiger partial charge in [0.25, 0.3) is 0 Å². The van der Waals surface area contributed by atoms with Crippen molar-refractivity contribution in [1.29, 1.82) is 0 Å². The molecule has 126 valence electrons. The highest BCUT2D eigenvalue weighted by Gasteiger charge is 2.33. The Morgan fingerprint density at radius 1 is 1.00 bits per heavy atom. The number of nitrogens with zero attached hydrogens (tertiary/aromatic N) is 1. The van der Waals surface area contributed by atoms with Crippen LogP contribution in [0.15, 0.2) is 48.5 Å². The summed E-state index contributed by atoms with van der Waals surface area (Å²) < 4.78 is 38.2. The summed E-state index contributed by atoms with van der Waals surface area (Å²) in [5.41, 5.74) is 0.679. The van der Waals surface area contributed by atoms with Gasteiger partial charge in [-0.05, 0) is 54.8 Å². The van der Waals surface area contributed by atoms with Crippen LogP contribution in [0.25, 0.3) is 0 Å². The fourth-order valence-corrected chi connectivity index (χ4v) is 3.13. The molecule has 6 heteroatoms. The number of halogens is 4. The first-order valence-electron chi connectivity index (χ1n) is 7.61. The number of hydrogen-bond acceptors (Lipinski definition) is 1. The van der Waals surface area contributed by atoms with Crippen LogP contribution in [-0.4, -0.2) is 5.91 Å². The van der Waals surface area contributed by atoms with Crippen LogP contribution in [0.3, 0.4) is 0 Å². The standard InChI is InChI=1S/C18H15ClF3NO/c19-14-8-4-12(5-9-14)16-2-1-3-17(24)23(16)15-10-6-13(7-11-15)18(20,21)22/h4-11,16H,1-3H2. The molecule has 1 saturated heterocycles. The monoisotopic (exact) mass is 353 g/mol. The Morgan fingerprint density at radius 3 is 2.21 bits per heavy atom. The SMILES string of the molecule is O=C1CCCC(c2ccc(Cl)cc2)N1c1ccc(C(F)(F)F)cc1. The first kappa shape index (κ1) is 16.8. The Labute approximate surface area is 142 Å². The van der Waals surface area contributed by atoms with Gasteiger partial charge in [-0.1, -0.05) is 23.7 Å². The minimum absolute atomic E-state index is 0.0824. The fourth-order valence-electron chi connectivity index (χ4n) is 3.01. The van der Waals surface area contributed by atoms with Crippen LogP contribution in [0.1, 0.15) is 36.4 Å². The minimum Gasteiger partial charge on any atom is -0.305 e. The Morgan fingerprint density at radius 2 is 1.62 bits per heavy atom. The predicted octanol–water partition coefficient (Wildman–Crippen LogP) is 5.62. The Balaban J connectivity index is 1.95. The van der Waals surface area contributed by atoms with Crippen molar-refractivity contribution in [1.82, 2.24) is 0 Å². The molecule has 1 heterocycles. The summed E-state index contributed by atoms with van der Waals surface area (Å²) in [6, 6.07) is 11.7. The van der Waals surface area contributed by atoms with Crippen LogP contribution in [0.4, 0.5) is 18.9 Å². The van der Waals surface area contributed by atoms with E-state index >= 15 is 0 Å². The maximum atomic E-state index is 12.7. The Kier molecular flexibility index (Phi) is 4.54. The Bertz CT molecular complexity index is 725. The predicted molar refractivity (Wildman–Crippen MR) is 87.0 cm³/mol. The van der Waals surface area contributed by atoms with Crippen LogP contribution in [0.5, 0.6) is 0 Å². The molecule has 0 N–H and O–H groups in total. The van der Waals surface area contributed by atoms with Gasteiger partial charge in [0.15, 0.2) is 0 Å². The number of anilines is 1. The molecule has 0 radical (unpaired) electrons. The van der Waals surface area contributed by atoms with Crippen molar-refractivity contribution in [2.45, 2.75) is 31.5 Å². The number of amides is 1. The molecule has 0 aliphatic carbocycles. The zero-order valence-corrected chi connectivity index (χ0v) is 13.4. The molecule has 1 aliphatic heterocycles. The van der Waals surface area contributed by atoms with Crippen LogP contribution >= 0.6 is 11.6 Å². The lowest BCUT2D eigenvalue weighted by atomic mass is 9.94. The van der Waals surface area contributed by atoms with Gasteiger partial charge in [-0.25, -0.2) is 0 Å². The number of rotatable bonds is 2. The zero-order valence-electron chi connectivity index (χ0n) is 12.7. The molecule has 2 aromatic rings. The number of carbonyl (C=O) groups is 1. The van der Waals surface area contributed by atoms with E-state index in [2.05, 4.69) is 0 Å². The van der Waals surface area contributed by atoms with Crippen LogP contribution < -0.4 is 4.90 Å². The number of benzene rings is 2. The quantitative estimate of drug-likeness (QED) is 0.686. The molecule has 2 aromatic carbocycles. The summed E-state index contributed by atoms with van der Waals surface area (Å²) in [6.45, 7) is 0. The summed E-state index contributed by atoms with van der Waals surface area (Å²) in [7, 11) is 0. The van der Waals surface area contributed by atoms with Crippen molar-refractivity contribution in [3.05, 3.63) is 64.7 Å². The highest BCUT2D eigenvalue weighted by atomic mass is 35.5. The van der Waals surface area contributed by atoms with E-state index in [1.807, 2.05) is 12.1 Å². The first-order chi connectivity index (χ1) is 11.4. The van der Waals surface area contributed by atoms with E-state index in [-0.39, 0.29) is 11.9 Å². The minimum atomic E-state index is -4.39. The largest absolute Gasteiger partial charge is 0.416 e. The van der Waals surface area contributed by atoms with Crippen molar-refractivity contribution < 1.29 is 18.0 Å². The van der Waals surface area contributed by atoms with E-state index in [4.69, 9.17) is 11.6 Å². The second-order valence-corrected chi connectivity index (χ2v) is 6.20. The molecule has 1 atom stereocenters. The lowest BCUT2D eigenvalue weighted by Gasteiger charge is -2.36. The third-order valence-corrected chi connectivity index (χ3v) is 4.43. The highest BCUT2D eigenvalue weighted by molar-refractivity contribution is 6.30. The second-order valence-electron chi connectivity index (χ2n) is 5.77. The lowest BCUT2D eigenvalue weighted by Crippen LogP contribution is -2.38. The highest BCUT2D eigenvalue weighted by Crippen LogP contribution is 2.37. The molecular weight excluding hydrogens is 339 g/mol. The summed E-state index contributed by atoms with van der Waals surface area (Å²) in [5, 5.41) is 0.599. The average molecular weight is 354 g/mol. The average Bonchev–Trinajstić information content (AvgIpc) is 2.55. The Hall–Kier alpha value is -2.01. The van der Waals surface area contributed by atoms with Crippen LogP contribution in [0, 0.1) is 0 Å². The third-order valence-electron chi connectivity index (χ3n) is 4.18. The molecule has 1 fully saturated rings. The number of alkyl halides is 3. The van der Waals surface area contributed by atoms with Gasteiger partial charge in [-0.3, -0.25) is 4.79 Å². The van der Waals surface area contributed by atoms with Crippen LogP contribution in [-0.2, 0) is 11.0 Å². The van der Waals surface area contributed by atoms with Crippen molar-refractivity contribution in [2.24, 2.45) is 0 Å². The van der Waals surface area contributed by atoms with E-state index in [1.165, 1.54) is 12.1 Å². The molecule has 0 spiro atoms. The molecule has 0 bridgehead atoms. The zero-order chi connectivity index (χ0) is 17.3. The lowest BCUT2D eigenvalue weighted by molar-refractivity contribution is -0.137. The summed E-state index contributed by atoms with van der Waals surface area (Å²) in [5.74, 6) is -0.0824. The summed E-state index contributed by atoms with van der Waals surface area (Å²) in [6.07, 6.45) is -2.48. The van der Waals surface area contributed by atoms with Gasteiger partial charge in [-0.2, -0.15) is 13.2 Å². The van der Waals surface area contributed by atoms with E-state index < -0.39 is 11.7 Å². The van der Waals surface area contributed by atoms with Gasteiger partial charge in [0.05, 0.1) is 11.6 Å². The van der Waals surface area contributed by atoms with E-state index in [0.29, 0.717) is 17.1 Å². The molecule has 0 saturated carbocycles.